The third kappa shape index (κ3) is 3.63. The second kappa shape index (κ2) is 7.11. The van der Waals surface area contributed by atoms with Crippen LogP contribution >= 0.6 is 0 Å². The van der Waals surface area contributed by atoms with Gasteiger partial charge in [-0.25, -0.2) is 4.39 Å². The van der Waals surface area contributed by atoms with Crippen molar-refractivity contribution in [1.82, 2.24) is 4.90 Å². The zero-order valence-corrected chi connectivity index (χ0v) is 13.7. The minimum atomic E-state index is -1.01. The maximum atomic E-state index is 13.3. The molecular formula is C19H21FN2O2. The number of carbonyl (C=O) groups excluding carboxylic acids is 1. The van der Waals surface area contributed by atoms with Crippen molar-refractivity contribution < 1.29 is 14.3 Å². The Hall–Kier alpha value is -2.24. The lowest BCUT2D eigenvalue weighted by Gasteiger charge is -2.24. The molecule has 3 rings (SSSR count). The van der Waals surface area contributed by atoms with E-state index in [0.29, 0.717) is 12.1 Å². The zero-order valence-electron chi connectivity index (χ0n) is 13.7. The fourth-order valence-corrected chi connectivity index (χ4v) is 3.04. The van der Waals surface area contributed by atoms with Crippen LogP contribution in [0.2, 0.25) is 0 Å². The Balaban J connectivity index is 1.79. The molecule has 1 heterocycles. The highest BCUT2D eigenvalue weighted by Crippen LogP contribution is 2.27. The number of hydrogen-bond acceptors (Lipinski definition) is 3. The Labute approximate surface area is 141 Å². The van der Waals surface area contributed by atoms with Gasteiger partial charge >= 0.3 is 0 Å². The molecule has 0 saturated heterocycles. The number of halogens is 1. The van der Waals surface area contributed by atoms with Gasteiger partial charge in [-0.1, -0.05) is 30.3 Å². The molecule has 2 aromatic carbocycles. The largest absolute Gasteiger partial charge is 0.388 e. The van der Waals surface area contributed by atoms with Gasteiger partial charge < -0.3 is 14.9 Å². The summed E-state index contributed by atoms with van der Waals surface area (Å²) in [4.78, 5) is 16.6. The number of carbonyl (C=O) groups is 1. The van der Waals surface area contributed by atoms with Crippen LogP contribution in [0.1, 0.15) is 23.7 Å². The predicted octanol–water partition coefficient (Wildman–Crippen LogP) is 2.73. The highest BCUT2D eigenvalue weighted by atomic mass is 19.1. The topological polar surface area (TPSA) is 43.8 Å². The average Bonchev–Trinajstić information content (AvgIpc) is 2.73. The normalized spacial score (nSPS) is 16.4. The van der Waals surface area contributed by atoms with E-state index in [1.807, 2.05) is 31.3 Å². The Bertz CT molecular complexity index is 735. The number of anilines is 1. The molecule has 1 amide bonds. The Kier molecular flexibility index (Phi) is 4.92. The van der Waals surface area contributed by atoms with Crippen molar-refractivity contribution in [3.63, 3.8) is 0 Å². The minimum absolute atomic E-state index is 0.0680. The van der Waals surface area contributed by atoms with Gasteiger partial charge in [-0.3, -0.25) is 4.79 Å². The van der Waals surface area contributed by atoms with Gasteiger partial charge in [0.25, 0.3) is 0 Å². The molecule has 1 atom stereocenters. The lowest BCUT2D eigenvalue weighted by Crippen LogP contribution is -2.35. The number of nitrogens with zero attached hydrogens (tertiary/aromatic N) is 2. The van der Waals surface area contributed by atoms with Crippen LogP contribution in [-0.2, 0) is 11.3 Å². The molecule has 5 heteroatoms. The van der Waals surface area contributed by atoms with E-state index < -0.39 is 11.9 Å². The fourth-order valence-electron chi connectivity index (χ4n) is 3.04. The summed E-state index contributed by atoms with van der Waals surface area (Å²) in [5.41, 5.74) is 2.40. The van der Waals surface area contributed by atoms with Gasteiger partial charge in [-0.15, -0.1) is 0 Å². The molecule has 0 bridgehead atoms. The first-order valence-corrected chi connectivity index (χ1v) is 8.05. The van der Waals surface area contributed by atoms with Crippen molar-refractivity contribution >= 4 is 11.6 Å². The quantitative estimate of drug-likeness (QED) is 0.942. The van der Waals surface area contributed by atoms with Crippen molar-refractivity contribution in [3.05, 3.63) is 65.5 Å². The first-order chi connectivity index (χ1) is 11.5. The molecule has 0 fully saturated rings. The van der Waals surface area contributed by atoms with Crippen LogP contribution in [0.5, 0.6) is 0 Å². The molecule has 2 aromatic rings. The Morgan fingerprint density at radius 2 is 2.00 bits per heavy atom. The standard InChI is InChI=1S/C19H21FN2O2/c1-21-9-10-22(17-8-3-2-5-15(17)13-21)19(24)12-18(23)14-6-4-7-16(20)11-14/h2-8,11,18,23H,9-10,12-13H2,1H3. The highest BCUT2D eigenvalue weighted by molar-refractivity contribution is 5.94. The number of rotatable bonds is 3. The number of para-hydroxylation sites is 1. The van der Waals surface area contributed by atoms with Crippen LogP contribution in [0.25, 0.3) is 0 Å². The first-order valence-electron chi connectivity index (χ1n) is 8.05. The molecule has 0 aliphatic carbocycles. The molecule has 0 aromatic heterocycles. The summed E-state index contributed by atoms with van der Waals surface area (Å²) in [5.74, 6) is -0.574. The summed E-state index contributed by atoms with van der Waals surface area (Å²) in [6.07, 6.45) is -1.08. The van der Waals surface area contributed by atoms with E-state index in [-0.39, 0.29) is 12.3 Å². The minimum Gasteiger partial charge on any atom is -0.388 e. The molecule has 0 radical (unpaired) electrons. The number of fused-ring (bicyclic) bond motifs is 1. The van der Waals surface area contributed by atoms with Crippen molar-refractivity contribution in [1.29, 1.82) is 0 Å². The van der Waals surface area contributed by atoms with Gasteiger partial charge in [0.1, 0.15) is 5.82 Å². The lowest BCUT2D eigenvalue weighted by atomic mass is 10.1. The van der Waals surface area contributed by atoms with Crippen molar-refractivity contribution in [2.45, 2.75) is 19.1 Å². The summed E-state index contributed by atoms with van der Waals surface area (Å²) >= 11 is 0. The van der Waals surface area contributed by atoms with E-state index >= 15 is 0 Å². The van der Waals surface area contributed by atoms with Crippen LogP contribution < -0.4 is 4.90 Å². The van der Waals surface area contributed by atoms with Gasteiger partial charge in [0.05, 0.1) is 12.5 Å². The van der Waals surface area contributed by atoms with Crippen molar-refractivity contribution in [2.75, 3.05) is 25.0 Å². The van der Waals surface area contributed by atoms with E-state index in [1.165, 1.54) is 18.2 Å². The number of benzene rings is 2. The zero-order chi connectivity index (χ0) is 17.1. The van der Waals surface area contributed by atoms with Gasteiger partial charge in [0.2, 0.25) is 5.91 Å². The number of amides is 1. The van der Waals surface area contributed by atoms with Gasteiger partial charge in [-0.2, -0.15) is 0 Å². The van der Waals surface area contributed by atoms with Crippen LogP contribution in [0, 0.1) is 5.82 Å². The lowest BCUT2D eigenvalue weighted by molar-refractivity contribution is -0.120. The fraction of sp³-hybridized carbons (Fsp3) is 0.316. The molecule has 0 spiro atoms. The number of aliphatic hydroxyl groups is 1. The molecule has 1 unspecified atom stereocenters. The van der Waals surface area contributed by atoms with E-state index in [1.54, 1.807) is 11.0 Å². The third-order valence-corrected chi connectivity index (χ3v) is 4.33. The SMILES string of the molecule is CN1CCN(C(=O)CC(O)c2cccc(F)c2)c2ccccc2C1. The first kappa shape index (κ1) is 16.6. The summed E-state index contributed by atoms with van der Waals surface area (Å²) in [6, 6.07) is 13.6. The summed E-state index contributed by atoms with van der Waals surface area (Å²) in [7, 11) is 2.02. The molecule has 126 valence electrons. The molecule has 1 N–H and O–H groups in total. The maximum Gasteiger partial charge on any atom is 0.229 e. The molecular weight excluding hydrogens is 307 g/mol. The monoisotopic (exact) mass is 328 g/mol. The molecule has 1 aliphatic heterocycles. The van der Waals surface area contributed by atoms with Crippen molar-refractivity contribution in [2.24, 2.45) is 0 Å². The van der Waals surface area contributed by atoms with Crippen LogP contribution in [0.4, 0.5) is 10.1 Å². The number of likely N-dealkylation sites (N-methyl/N-ethyl adjacent to an activating group) is 1. The van der Waals surface area contributed by atoms with Crippen LogP contribution in [0.15, 0.2) is 48.5 Å². The highest BCUT2D eigenvalue weighted by Gasteiger charge is 2.24. The van der Waals surface area contributed by atoms with Gasteiger partial charge in [0, 0.05) is 25.3 Å². The predicted molar refractivity (Wildman–Crippen MR) is 91.1 cm³/mol. The summed E-state index contributed by atoms with van der Waals surface area (Å²) in [5, 5.41) is 10.3. The van der Waals surface area contributed by atoms with E-state index in [9.17, 15) is 14.3 Å². The van der Waals surface area contributed by atoms with Crippen LogP contribution in [-0.4, -0.2) is 36.1 Å². The average molecular weight is 328 g/mol. The van der Waals surface area contributed by atoms with E-state index in [4.69, 9.17) is 0 Å². The second-order valence-corrected chi connectivity index (χ2v) is 6.19. The van der Waals surface area contributed by atoms with Gasteiger partial charge in [-0.05, 0) is 36.4 Å². The summed E-state index contributed by atoms with van der Waals surface area (Å²) < 4.78 is 13.3. The molecule has 4 nitrogen and oxygen atoms in total. The van der Waals surface area contributed by atoms with Gasteiger partial charge in [0.15, 0.2) is 0 Å². The van der Waals surface area contributed by atoms with Crippen molar-refractivity contribution in [3.8, 4) is 0 Å². The number of aliphatic hydroxyl groups excluding tert-OH is 1. The number of hydrogen-bond donors (Lipinski definition) is 1. The molecule has 0 saturated carbocycles. The second-order valence-electron chi connectivity index (χ2n) is 6.19. The smallest absolute Gasteiger partial charge is 0.229 e. The Morgan fingerprint density at radius 3 is 2.79 bits per heavy atom. The maximum absolute atomic E-state index is 13.3. The van der Waals surface area contributed by atoms with Crippen LogP contribution in [0.3, 0.4) is 0 Å². The molecule has 24 heavy (non-hydrogen) atoms. The van der Waals surface area contributed by atoms with E-state index in [0.717, 1.165) is 24.3 Å². The van der Waals surface area contributed by atoms with E-state index in [2.05, 4.69) is 4.90 Å². The Morgan fingerprint density at radius 1 is 1.21 bits per heavy atom. The molecule has 1 aliphatic rings. The summed E-state index contributed by atoms with van der Waals surface area (Å²) in [6.45, 7) is 2.12. The third-order valence-electron chi connectivity index (χ3n) is 4.33.